The van der Waals surface area contributed by atoms with Crippen LogP contribution in [0.3, 0.4) is 0 Å². The number of benzene rings is 2. The molecule has 0 fully saturated rings. The first-order valence-corrected chi connectivity index (χ1v) is 6.69. The van der Waals surface area contributed by atoms with Gasteiger partial charge in [-0.3, -0.25) is 14.5 Å². The molecular weight excluding hydrogens is 289 g/mol. The van der Waals surface area contributed by atoms with Gasteiger partial charge in [0.15, 0.2) is 11.6 Å². The van der Waals surface area contributed by atoms with E-state index in [0.29, 0.717) is 16.9 Å². The number of halogens is 1. The Balaban J connectivity index is 1.69. The molecule has 2 aromatic rings. The van der Waals surface area contributed by atoms with E-state index >= 15 is 0 Å². The van der Waals surface area contributed by atoms with Crippen LogP contribution in [0.2, 0.25) is 0 Å². The lowest BCUT2D eigenvalue weighted by molar-refractivity contribution is 0.0640. The molecule has 6 heteroatoms. The van der Waals surface area contributed by atoms with Crippen LogP contribution in [0.25, 0.3) is 0 Å². The molecule has 0 bridgehead atoms. The van der Waals surface area contributed by atoms with Gasteiger partial charge in [0.1, 0.15) is 0 Å². The lowest BCUT2D eigenvalue weighted by Gasteiger charge is -2.14. The molecule has 4 rings (SSSR count). The van der Waals surface area contributed by atoms with Gasteiger partial charge in [0.05, 0.1) is 17.7 Å². The maximum Gasteiger partial charge on any atom is 0.261 e. The highest BCUT2D eigenvalue weighted by molar-refractivity contribution is 6.21. The van der Waals surface area contributed by atoms with Crippen molar-refractivity contribution in [2.45, 2.75) is 6.54 Å². The fraction of sp³-hybridized carbons (Fsp3) is 0.125. The van der Waals surface area contributed by atoms with Crippen LogP contribution in [0.4, 0.5) is 4.39 Å². The molecule has 0 spiro atoms. The van der Waals surface area contributed by atoms with Crippen molar-refractivity contribution in [3.8, 4) is 11.5 Å². The maximum atomic E-state index is 14.4. The van der Waals surface area contributed by atoms with Crippen LogP contribution >= 0.6 is 0 Å². The summed E-state index contributed by atoms with van der Waals surface area (Å²) in [5, 5.41) is 0. The molecule has 0 atom stereocenters. The Labute approximate surface area is 124 Å². The van der Waals surface area contributed by atoms with Crippen LogP contribution in [-0.2, 0) is 6.54 Å². The summed E-state index contributed by atoms with van der Waals surface area (Å²) in [6, 6.07) is 9.62. The number of carbonyl (C=O) groups is 2. The second-order valence-electron chi connectivity index (χ2n) is 5.01. The highest BCUT2D eigenvalue weighted by Gasteiger charge is 2.36. The third-order valence-corrected chi connectivity index (χ3v) is 3.77. The highest BCUT2D eigenvalue weighted by atomic mass is 19.1. The zero-order chi connectivity index (χ0) is 15.3. The summed E-state index contributed by atoms with van der Waals surface area (Å²) in [5.41, 5.74) is 0.890. The van der Waals surface area contributed by atoms with Gasteiger partial charge in [-0.25, -0.2) is 4.39 Å². The summed E-state index contributed by atoms with van der Waals surface area (Å²) in [6.07, 6.45) is 0. The number of amides is 2. The average molecular weight is 299 g/mol. The Kier molecular flexibility index (Phi) is 2.66. The molecule has 2 aromatic carbocycles. The number of hydrogen-bond donors (Lipinski definition) is 0. The third kappa shape index (κ3) is 1.70. The maximum absolute atomic E-state index is 14.4. The van der Waals surface area contributed by atoms with Crippen molar-refractivity contribution in [1.29, 1.82) is 0 Å². The minimum absolute atomic E-state index is 0.0223. The van der Waals surface area contributed by atoms with Crippen LogP contribution in [-0.4, -0.2) is 23.5 Å². The molecule has 0 saturated heterocycles. The van der Waals surface area contributed by atoms with Gasteiger partial charge in [-0.15, -0.1) is 0 Å². The van der Waals surface area contributed by atoms with Crippen molar-refractivity contribution in [2.24, 2.45) is 0 Å². The summed E-state index contributed by atoms with van der Waals surface area (Å²) >= 11 is 0. The molecular formula is C16H10FNO4. The van der Waals surface area contributed by atoms with E-state index in [9.17, 15) is 14.0 Å². The molecule has 2 aliphatic heterocycles. The third-order valence-electron chi connectivity index (χ3n) is 3.77. The van der Waals surface area contributed by atoms with E-state index in [2.05, 4.69) is 0 Å². The van der Waals surface area contributed by atoms with Crippen molar-refractivity contribution in [2.75, 3.05) is 6.79 Å². The Morgan fingerprint density at radius 3 is 2.36 bits per heavy atom. The van der Waals surface area contributed by atoms with Gasteiger partial charge in [-0.05, 0) is 18.2 Å². The lowest BCUT2D eigenvalue weighted by Crippen LogP contribution is -2.29. The van der Waals surface area contributed by atoms with Crippen molar-refractivity contribution >= 4 is 11.8 Å². The fourth-order valence-corrected chi connectivity index (χ4v) is 2.65. The van der Waals surface area contributed by atoms with Gasteiger partial charge in [0.2, 0.25) is 12.5 Å². The monoisotopic (exact) mass is 299 g/mol. The summed E-state index contributed by atoms with van der Waals surface area (Å²) in [7, 11) is 0. The molecule has 0 unspecified atom stereocenters. The zero-order valence-corrected chi connectivity index (χ0v) is 11.3. The highest BCUT2D eigenvalue weighted by Crippen LogP contribution is 2.37. The quantitative estimate of drug-likeness (QED) is 0.799. The van der Waals surface area contributed by atoms with Crippen molar-refractivity contribution in [3.63, 3.8) is 0 Å². The summed E-state index contributed by atoms with van der Waals surface area (Å²) in [4.78, 5) is 25.6. The van der Waals surface area contributed by atoms with Gasteiger partial charge < -0.3 is 9.47 Å². The predicted molar refractivity (Wildman–Crippen MR) is 73.2 cm³/mol. The zero-order valence-electron chi connectivity index (χ0n) is 11.3. The number of imide groups is 1. The normalized spacial score (nSPS) is 15.4. The van der Waals surface area contributed by atoms with Crippen LogP contribution < -0.4 is 9.47 Å². The standard InChI is InChI=1S/C16H10FNO4/c17-13-9(5-6-12-14(13)22-8-21-12)7-18-15(19)10-3-1-2-4-11(10)16(18)20/h1-6H,7-8H2. The molecule has 2 amide bonds. The molecule has 0 aliphatic carbocycles. The first kappa shape index (κ1) is 12.8. The first-order chi connectivity index (χ1) is 10.7. The minimum atomic E-state index is -0.605. The first-order valence-electron chi connectivity index (χ1n) is 6.69. The Morgan fingerprint density at radius 2 is 1.68 bits per heavy atom. The van der Waals surface area contributed by atoms with Gasteiger partial charge in [0, 0.05) is 5.56 Å². The SMILES string of the molecule is O=C1c2ccccc2C(=O)N1Cc1ccc2c(c1F)OCO2. The van der Waals surface area contributed by atoms with Gasteiger partial charge in [-0.2, -0.15) is 0 Å². The number of ether oxygens (including phenoxy) is 2. The molecule has 2 heterocycles. The molecule has 0 N–H and O–H groups in total. The minimum Gasteiger partial charge on any atom is -0.453 e. The number of hydrogen-bond acceptors (Lipinski definition) is 4. The Hall–Kier alpha value is -2.89. The van der Waals surface area contributed by atoms with E-state index in [0.717, 1.165) is 4.90 Å². The predicted octanol–water partition coefficient (Wildman–Crippen LogP) is 2.35. The fourth-order valence-electron chi connectivity index (χ4n) is 2.65. The van der Waals surface area contributed by atoms with E-state index in [1.54, 1.807) is 30.3 Å². The molecule has 0 saturated carbocycles. The van der Waals surface area contributed by atoms with E-state index in [1.807, 2.05) is 0 Å². The molecule has 22 heavy (non-hydrogen) atoms. The van der Waals surface area contributed by atoms with Gasteiger partial charge >= 0.3 is 0 Å². The summed E-state index contributed by atoms with van der Waals surface area (Å²) in [5.74, 6) is -1.10. The van der Waals surface area contributed by atoms with E-state index in [1.165, 1.54) is 6.07 Å². The van der Waals surface area contributed by atoms with Crippen molar-refractivity contribution in [3.05, 3.63) is 58.9 Å². The van der Waals surface area contributed by atoms with Crippen molar-refractivity contribution < 1.29 is 23.5 Å². The second kappa shape index (κ2) is 4.56. The largest absolute Gasteiger partial charge is 0.453 e. The van der Waals surface area contributed by atoms with Crippen LogP contribution in [0.1, 0.15) is 26.3 Å². The van der Waals surface area contributed by atoms with Gasteiger partial charge in [-0.1, -0.05) is 18.2 Å². The summed E-state index contributed by atoms with van der Waals surface area (Å²) in [6.45, 7) is -0.183. The second-order valence-corrected chi connectivity index (χ2v) is 5.01. The van der Waals surface area contributed by atoms with Crippen molar-refractivity contribution in [1.82, 2.24) is 4.90 Å². The van der Waals surface area contributed by atoms with Crippen LogP contribution in [0.5, 0.6) is 11.5 Å². The molecule has 2 aliphatic rings. The number of fused-ring (bicyclic) bond motifs is 2. The van der Waals surface area contributed by atoms with Gasteiger partial charge in [0.25, 0.3) is 11.8 Å². The van der Waals surface area contributed by atoms with E-state index in [-0.39, 0.29) is 24.7 Å². The molecule has 5 nitrogen and oxygen atoms in total. The average Bonchev–Trinajstić information content (AvgIpc) is 3.10. The lowest BCUT2D eigenvalue weighted by atomic mass is 10.1. The van der Waals surface area contributed by atoms with E-state index < -0.39 is 17.6 Å². The smallest absolute Gasteiger partial charge is 0.261 e. The number of rotatable bonds is 2. The topological polar surface area (TPSA) is 55.8 Å². The Bertz CT molecular complexity index is 783. The number of nitrogens with zero attached hydrogens (tertiary/aromatic N) is 1. The Morgan fingerprint density at radius 1 is 1.00 bits per heavy atom. The van der Waals surface area contributed by atoms with E-state index in [4.69, 9.17) is 9.47 Å². The molecule has 110 valence electrons. The summed E-state index contributed by atoms with van der Waals surface area (Å²) < 4.78 is 24.5. The van der Waals surface area contributed by atoms with Crippen LogP contribution in [0.15, 0.2) is 36.4 Å². The molecule has 0 radical (unpaired) electrons. The number of carbonyl (C=O) groups excluding carboxylic acids is 2. The molecule has 0 aromatic heterocycles. The van der Waals surface area contributed by atoms with Crippen LogP contribution in [0, 0.1) is 5.82 Å².